The van der Waals surface area contributed by atoms with E-state index in [1.807, 2.05) is 19.9 Å². The van der Waals surface area contributed by atoms with Crippen LogP contribution in [-0.4, -0.2) is 26.9 Å². The molecule has 126 valence electrons. The number of ether oxygens (including phenoxy) is 1. The third-order valence-electron chi connectivity index (χ3n) is 5.02. The van der Waals surface area contributed by atoms with Gasteiger partial charge in [-0.2, -0.15) is 5.10 Å². The van der Waals surface area contributed by atoms with Gasteiger partial charge < -0.3 is 14.8 Å². The second-order valence-corrected chi connectivity index (χ2v) is 7.43. The Morgan fingerprint density at radius 2 is 2.38 bits per heavy atom. The standard InChI is InChI=1S/C17H19N3O3S/c1-3-9(2)17(22)8-23-7-12-11-4-13(10-5-18-19-6-10)24-14(11)16(21)20-15(12)17/h4-6,9,22H,3,7-8H2,1-2H3,(H,18,19)(H,20,21)/t9-,17+/m0/s1. The highest BCUT2D eigenvalue weighted by Crippen LogP contribution is 2.41. The van der Waals surface area contributed by atoms with E-state index in [4.69, 9.17) is 4.74 Å². The smallest absolute Gasteiger partial charge is 0.266 e. The van der Waals surface area contributed by atoms with Crippen molar-refractivity contribution in [3.8, 4) is 10.4 Å². The van der Waals surface area contributed by atoms with Crippen molar-refractivity contribution in [3.63, 3.8) is 0 Å². The van der Waals surface area contributed by atoms with Crippen molar-refractivity contribution in [2.45, 2.75) is 32.5 Å². The monoisotopic (exact) mass is 345 g/mol. The van der Waals surface area contributed by atoms with Gasteiger partial charge >= 0.3 is 0 Å². The van der Waals surface area contributed by atoms with Crippen LogP contribution in [-0.2, 0) is 16.9 Å². The van der Waals surface area contributed by atoms with Gasteiger partial charge in [-0.1, -0.05) is 20.3 Å². The van der Waals surface area contributed by atoms with Gasteiger partial charge in [0.25, 0.3) is 5.56 Å². The van der Waals surface area contributed by atoms with Crippen LogP contribution >= 0.6 is 11.3 Å². The van der Waals surface area contributed by atoms with Crippen LogP contribution in [0.25, 0.3) is 20.5 Å². The number of fused-ring (bicyclic) bond motifs is 3. The van der Waals surface area contributed by atoms with Crippen LogP contribution in [0, 0.1) is 5.92 Å². The maximum atomic E-state index is 12.6. The van der Waals surface area contributed by atoms with Crippen molar-refractivity contribution < 1.29 is 9.84 Å². The van der Waals surface area contributed by atoms with Crippen LogP contribution in [0.4, 0.5) is 0 Å². The first kappa shape index (κ1) is 15.6. The summed E-state index contributed by atoms with van der Waals surface area (Å²) in [6, 6.07) is 1.99. The Labute approximate surface area is 142 Å². The van der Waals surface area contributed by atoms with E-state index in [-0.39, 0.29) is 18.1 Å². The summed E-state index contributed by atoms with van der Waals surface area (Å²) in [5, 5.41) is 18.8. The van der Waals surface area contributed by atoms with E-state index in [2.05, 4.69) is 15.2 Å². The third kappa shape index (κ3) is 2.16. The van der Waals surface area contributed by atoms with Gasteiger partial charge in [0.15, 0.2) is 0 Å². The lowest BCUT2D eigenvalue weighted by molar-refractivity contribution is -0.109. The van der Waals surface area contributed by atoms with Gasteiger partial charge in [-0.3, -0.25) is 9.89 Å². The second-order valence-electron chi connectivity index (χ2n) is 6.37. The molecule has 0 spiro atoms. The number of aromatic amines is 2. The number of hydrogen-bond acceptors (Lipinski definition) is 5. The summed E-state index contributed by atoms with van der Waals surface area (Å²) in [4.78, 5) is 16.5. The fourth-order valence-corrected chi connectivity index (χ4v) is 4.38. The first-order chi connectivity index (χ1) is 11.5. The lowest BCUT2D eigenvalue weighted by Crippen LogP contribution is -2.44. The number of aliphatic hydroxyl groups is 1. The number of aromatic nitrogens is 3. The average Bonchev–Trinajstić information content (AvgIpc) is 3.24. The predicted molar refractivity (Wildman–Crippen MR) is 93.0 cm³/mol. The zero-order valence-corrected chi connectivity index (χ0v) is 14.4. The normalized spacial score (nSPS) is 21.8. The van der Waals surface area contributed by atoms with E-state index >= 15 is 0 Å². The number of thiophene rings is 1. The van der Waals surface area contributed by atoms with Crippen molar-refractivity contribution in [1.82, 2.24) is 15.2 Å². The van der Waals surface area contributed by atoms with Crippen molar-refractivity contribution >= 4 is 21.4 Å². The highest BCUT2D eigenvalue weighted by molar-refractivity contribution is 7.22. The van der Waals surface area contributed by atoms with Crippen LogP contribution in [0.5, 0.6) is 0 Å². The van der Waals surface area contributed by atoms with Crippen molar-refractivity contribution in [1.29, 1.82) is 0 Å². The summed E-state index contributed by atoms with van der Waals surface area (Å²) in [6.45, 7) is 4.60. The SMILES string of the molecule is CC[C@H](C)[C@]1(O)COCc2c1[nH]c(=O)c1sc(-c3cn[nH]c3)cc21. The van der Waals surface area contributed by atoms with E-state index in [9.17, 15) is 9.90 Å². The third-order valence-corrected chi connectivity index (χ3v) is 6.20. The Morgan fingerprint density at radius 3 is 3.08 bits per heavy atom. The zero-order chi connectivity index (χ0) is 16.9. The number of nitrogens with one attached hydrogen (secondary N) is 2. The van der Waals surface area contributed by atoms with Crippen molar-refractivity contribution in [2.75, 3.05) is 6.61 Å². The molecule has 0 bridgehead atoms. The molecule has 0 saturated heterocycles. The molecule has 2 atom stereocenters. The number of H-pyrrole nitrogens is 2. The molecule has 1 aliphatic rings. The van der Waals surface area contributed by atoms with Crippen LogP contribution in [0.3, 0.4) is 0 Å². The average molecular weight is 345 g/mol. The minimum absolute atomic E-state index is 0.0170. The minimum atomic E-state index is -1.16. The van der Waals surface area contributed by atoms with Crippen LogP contribution < -0.4 is 5.56 Å². The highest BCUT2D eigenvalue weighted by Gasteiger charge is 2.41. The molecule has 3 aromatic rings. The lowest BCUT2D eigenvalue weighted by atomic mass is 9.81. The highest BCUT2D eigenvalue weighted by atomic mass is 32.1. The Kier molecular flexibility index (Phi) is 3.59. The quantitative estimate of drug-likeness (QED) is 0.681. The number of pyridine rings is 1. The molecule has 0 saturated carbocycles. The van der Waals surface area contributed by atoms with Gasteiger partial charge in [0.05, 0.1) is 25.1 Å². The topological polar surface area (TPSA) is 91.0 Å². The number of hydrogen-bond donors (Lipinski definition) is 3. The molecule has 3 N–H and O–H groups in total. The fourth-order valence-electron chi connectivity index (χ4n) is 3.32. The van der Waals surface area contributed by atoms with E-state index < -0.39 is 5.60 Å². The molecule has 0 aliphatic carbocycles. The summed E-state index contributed by atoms with van der Waals surface area (Å²) in [7, 11) is 0. The van der Waals surface area contributed by atoms with Crippen molar-refractivity contribution in [3.05, 3.63) is 40.1 Å². The Hall–Kier alpha value is -1.96. The Bertz CT molecular complexity index is 944. The number of rotatable bonds is 3. The minimum Gasteiger partial charge on any atom is -0.381 e. The summed E-state index contributed by atoms with van der Waals surface area (Å²) >= 11 is 1.43. The molecular weight excluding hydrogens is 326 g/mol. The van der Waals surface area contributed by atoms with Gasteiger partial charge in [-0.15, -0.1) is 11.3 Å². The molecule has 4 rings (SSSR count). The second kappa shape index (κ2) is 5.54. The molecule has 7 heteroatoms. The number of nitrogens with zero attached hydrogens (tertiary/aromatic N) is 1. The van der Waals surface area contributed by atoms with E-state index in [0.29, 0.717) is 17.0 Å². The largest absolute Gasteiger partial charge is 0.381 e. The van der Waals surface area contributed by atoms with E-state index in [0.717, 1.165) is 27.8 Å². The zero-order valence-electron chi connectivity index (χ0n) is 13.5. The molecular formula is C17H19N3O3S. The van der Waals surface area contributed by atoms with Crippen LogP contribution in [0.1, 0.15) is 31.5 Å². The van der Waals surface area contributed by atoms with Gasteiger partial charge in [0.1, 0.15) is 10.3 Å². The molecule has 1 aliphatic heterocycles. The maximum Gasteiger partial charge on any atom is 0.266 e. The summed E-state index contributed by atoms with van der Waals surface area (Å²) in [5.41, 5.74) is 1.11. The molecule has 3 aromatic heterocycles. The van der Waals surface area contributed by atoms with Gasteiger partial charge in [0.2, 0.25) is 0 Å². The first-order valence-corrected chi connectivity index (χ1v) is 8.84. The van der Waals surface area contributed by atoms with Gasteiger partial charge in [-0.05, 0) is 12.0 Å². The Morgan fingerprint density at radius 1 is 1.54 bits per heavy atom. The summed E-state index contributed by atoms with van der Waals surface area (Å²) in [6.07, 6.45) is 4.33. The van der Waals surface area contributed by atoms with Crippen LogP contribution in [0.2, 0.25) is 0 Å². The van der Waals surface area contributed by atoms with Crippen molar-refractivity contribution in [2.24, 2.45) is 5.92 Å². The van der Waals surface area contributed by atoms with E-state index in [1.165, 1.54) is 11.3 Å². The molecule has 0 radical (unpaired) electrons. The molecule has 4 heterocycles. The van der Waals surface area contributed by atoms with Gasteiger partial charge in [-0.25, -0.2) is 0 Å². The molecule has 0 aromatic carbocycles. The summed E-state index contributed by atoms with van der Waals surface area (Å²) < 4.78 is 6.35. The van der Waals surface area contributed by atoms with Gasteiger partial charge in [0, 0.05) is 27.6 Å². The molecule has 6 nitrogen and oxygen atoms in total. The Balaban J connectivity index is 1.97. The fraction of sp³-hybridized carbons (Fsp3) is 0.412. The lowest BCUT2D eigenvalue weighted by Gasteiger charge is -2.38. The predicted octanol–water partition coefficient (Wildman–Crippen LogP) is 2.74. The molecule has 0 fully saturated rings. The summed E-state index contributed by atoms with van der Waals surface area (Å²) in [5.74, 6) is -0.0170. The molecule has 24 heavy (non-hydrogen) atoms. The maximum absolute atomic E-state index is 12.6. The van der Waals surface area contributed by atoms with E-state index in [1.54, 1.807) is 12.4 Å². The first-order valence-electron chi connectivity index (χ1n) is 8.03. The van der Waals surface area contributed by atoms with Crippen LogP contribution in [0.15, 0.2) is 23.3 Å². The molecule has 0 amide bonds. The molecule has 0 unspecified atom stereocenters.